The first kappa shape index (κ1) is 8.34. The molecule has 0 fully saturated rings. The molecule has 1 aromatic rings. The Morgan fingerprint density at radius 2 is 2.18 bits per heavy atom. The minimum absolute atomic E-state index is 0.754. The van der Waals surface area contributed by atoms with Crippen molar-refractivity contribution in [1.82, 2.24) is 0 Å². The molecule has 62 valence electrons. The van der Waals surface area contributed by atoms with Crippen molar-refractivity contribution in [3.63, 3.8) is 0 Å². The van der Waals surface area contributed by atoms with E-state index < -0.39 is 0 Å². The van der Waals surface area contributed by atoms with Crippen LogP contribution in [0.3, 0.4) is 0 Å². The fourth-order valence-corrected chi connectivity index (χ4v) is 1.22. The van der Waals surface area contributed by atoms with Crippen molar-refractivity contribution in [3.05, 3.63) is 23.2 Å². The van der Waals surface area contributed by atoms with Crippen LogP contribution in [0.4, 0.5) is 0 Å². The van der Waals surface area contributed by atoms with Crippen LogP contribution in [0.25, 0.3) is 0 Å². The topological polar surface area (TPSA) is 39.2 Å². The molecule has 0 amide bonds. The first-order chi connectivity index (χ1) is 5.24. The van der Waals surface area contributed by atoms with Crippen LogP contribution >= 0.6 is 0 Å². The van der Waals surface area contributed by atoms with E-state index in [0.29, 0.717) is 0 Å². The van der Waals surface area contributed by atoms with Gasteiger partial charge in [0.2, 0.25) is 0 Å². The molecule has 0 saturated heterocycles. The molecule has 0 aromatic carbocycles. The van der Waals surface area contributed by atoms with Gasteiger partial charge in [0.1, 0.15) is 11.5 Å². The largest absolute Gasteiger partial charge is 0.466 e. The van der Waals surface area contributed by atoms with Crippen LogP contribution in [0.5, 0.6) is 0 Å². The molecular formula is C9H15NO. The van der Waals surface area contributed by atoms with Crippen molar-refractivity contribution in [2.24, 2.45) is 5.73 Å². The Morgan fingerprint density at radius 1 is 1.45 bits per heavy atom. The lowest BCUT2D eigenvalue weighted by Crippen LogP contribution is -2.00. The number of aryl methyl sites for hydroxylation is 3. The summed E-state index contributed by atoms with van der Waals surface area (Å²) in [5.41, 5.74) is 6.70. The molecule has 0 saturated carbocycles. The Labute approximate surface area is 67.4 Å². The number of furan rings is 1. The standard InChI is InChI=1S/C9H15NO/c1-7-6-9(4-3-5-10)8(2)11-7/h6H,3-5,10H2,1-2H3. The van der Waals surface area contributed by atoms with Crippen LogP contribution < -0.4 is 5.73 Å². The molecule has 0 radical (unpaired) electrons. The van der Waals surface area contributed by atoms with Gasteiger partial charge in [-0.3, -0.25) is 0 Å². The van der Waals surface area contributed by atoms with Gasteiger partial charge in [0.05, 0.1) is 0 Å². The zero-order chi connectivity index (χ0) is 8.27. The van der Waals surface area contributed by atoms with Gasteiger partial charge in [-0.25, -0.2) is 0 Å². The minimum Gasteiger partial charge on any atom is -0.466 e. The Bertz CT molecular complexity index is 227. The van der Waals surface area contributed by atoms with Crippen LogP contribution in [0.15, 0.2) is 10.5 Å². The predicted octanol–water partition coefficient (Wildman–Crippen LogP) is 1.79. The van der Waals surface area contributed by atoms with E-state index in [2.05, 4.69) is 6.07 Å². The SMILES string of the molecule is Cc1cc(CCCN)c(C)o1. The third-order valence-electron chi connectivity index (χ3n) is 1.79. The summed E-state index contributed by atoms with van der Waals surface area (Å²) >= 11 is 0. The van der Waals surface area contributed by atoms with Gasteiger partial charge in [-0.15, -0.1) is 0 Å². The third-order valence-corrected chi connectivity index (χ3v) is 1.79. The lowest BCUT2D eigenvalue weighted by atomic mass is 10.1. The van der Waals surface area contributed by atoms with Crippen LogP contribution in [-0.2, 0) is 6.42 Å². The van der Waals surface area contributed by atoms with Crippen molar-refractivity contribution in [2.45, 2.75) is 26.7 Å². The molecule has 2 heteroatoms. The number of rotatable bonds is 3. The van der Waals surface area contributed by atoms with E-state index in [1.807, 2.05) is 13.8 Å². The zero-order valence-corrected chi connectivity index (χ0v) is 7.18. The quantitative estimate of drug-likeness (QED) is 0.719. The van der Waals surface area contributed by atoms with Gasteiger partial charge in [0.25, 0.3) is 0 Å². The Morgan fingerprint density at radius 3 is 2.64 bits per heavy atom. The summed E-state index contributed by atoms with van der Waals surface area (Å²) in [5.74, 6) is 2.03. The fraction of sp³-hybridized carbons (Fsp3) is 0.556. The number of hydrogen-bond donors (Lipinski definition) is 1. The molecule has 0 aliphatic rings. The zero-order valence-electron chi connectivity index (χ0n) is 7.18. The smallest absolute Gasteiger partial charge is 0.104 e. The van der Waals surface area contributed by atoms with Crippen molar-refractivity contribution >= 4 is 0 Å². The first-order valence-electron chi connectivity index (χ1n) is 4.00. The molecule has 0 bridgehead atoms. The highest BCUT2D eigenvalue weighted by Gasteiger charge is 2.02. The Balaban J connectivity index is 2.62. The second-order valence-electron chi connectivity index (χ2n) is 2.83. The summed E-state index contributed by atoms with van der Waals surface area (Å²) in [6, 6.07) is 2.09. The highest BCUT2D eigenvalue weighted by molar-refractivity contribution is 5.19. The van der Waals surface area contributed by atoms with Gasteiger partial charge in [-0.1, -0.05) is 0 Å². The van der Waals surface area contributed by atoms with Gasteiger partial charge in [-0.2, -0.15) is 0 Å². The summed E-state index contributed by atoms with van der Waals surface area (Å²) in [6.07, 6.45) is 2.08. The van der Waals surface area contributed by atoms with Crippen LogP contribution in [-0.4, -0.2) is 6.54 Å². The van der Waals surface area contributed by atoms with E-state index in [-0.39, 0.29) is 0 Å². The van der Waals surface area contributed by atoms with E-state index in [0.717, 1.165) is 30.9 Å². The first-order valence-corrected chi connectivity index (χ1v) is 4.00. The average molecular weight is 153 g/mol. The van der Waals surface area contributed by atoms with E-state index in [9.17, 15) is 0 Å². The maximum absolute atomic E-state index is 5.40. The molecule has 1 heterocycles. The molecule has 2 N–H and O–H groups in total. The summed E-state index contributed by atoms with van der Waals surface area (Å²) in [5, 5.41) is 0. The van der Waals surface area contributed by atoms with Crippen molar-refractivity contribution in [2.75, 3.05) is 6.54 Å². The van der Waals surface area contributed by atoms with E-state index in [1.165, 1.54) is 5.56 Å². The Hall–Kier alpha value is -0.760. The maximum Gasteiger partial charge on any atom is 0.104 e. The highest BCUT2D eigenvalue weighted by Crippen LogP contribution is 2.14. The molecule has 1 aromatic heterocycles. The van der Waals surface area contributed by atoms with Gasteiger partial charge in [0, 0.05) is 0 Å². The molecular weight excluding hydrogens is 138 g/mol. The molecule has 0 unspecified atom stereocenters. The molecule has 0 aliphatic heterocycles. The van der Waals surface area contributed by atoms with Gasteiger partial charge in [-0.05, 0) is 44.9 Å². The second-order valence-corrected chi connectivity index (χ2v) is 2.83. The number of nitrogens with two attached hydrogens (primary N) is 1. The average Bonchev–Trinajstić information content (AvgIpc) is 2.26. The van der Waals surface area contributed by atoms with Crippen molar-refractivity contribution < 1.29 is 4.42 Å². The summed E-state index contributed by atoms with van der Waals surface area (Å²) in [7, 11) is 0. The lowest BCUT2D eigenvalue weighted by Gasteiger charge is -1.94. The molecule has 2 nitrogen and oxygen atoms in total. The molecule has 1 rings (SSSR count). The third kappa shape index (κ3) is 2.09. The molecule has 0 atom stereocenters. The lowest BCUT2D eigenvalue weighted by molar-refractivity contribution is 0.500. The summed E-state index contributed by atoms with van der Waals surface area (Å²) in [4.78, 5) is 0. The highest BCUT2D eigenvalue weighted by atomic mass is 16.3. The molecule has 0 spiro atoms. The fourth-order valence-electron chi connectivity index (χ4n) is 1.22. The normalized spacial score (nSPS) is 10.5. The van der Waals surface area contributed by atoms with Crippen LogP contribution in [0.1, 0.15) is 23.5 Å². The predicted molar refractivity (Wildman–Crippen MR) is 45.6 cm³/mol. The van der Waals surface area contributed by atoms with Crippen molar-refractivity contribution in [1.29, 1.82) is 0 Å². The van der Waals surface area contributed by atoms with Crippen LogP contribution in [0.2, 0.25) is 0 Å². The summed E-state index contributed by atoms with van der Waals surface area (Å²) in [6.45, 7) is 4.72. The van der Waals surface area contributed by atoms with E-state index in [4.69, 9.17) is 10.2 Å². The molecule has 0 aliphatic carbocycles. The second kappa shape index (κ2) is 3.58. The van der Waals surface area contributed by atoms with Gasteiger partial charge < -0.3 is 10.2 Å². The van der Waals surface area contributed by atoms with Crippen LogP contribution in [0, 0.1) is 13.8 Å². The Kier molecular flexibility index (Phi) is 2.71. The molecule has 11 heavy (non-hydrogen) atoms. The number of hydrogen-bond acceptors (Lipinski definition) is 2. The minimum atomic E-state index is 0.754. The monoisotopic (exact) mass is 153 g/mol. The van der Waals surface area contributed by atoms with Gasteiger partial charge in [0.15, 0.2) is 0 Å². The van der Waals surface area contributed by atoms with Gasteiger partial charge >= 0.3 is 0 Å². The van der Waals surface area contributed by atoms with E-state index >= 15 is 0 Å². The van der Waals surface area contributed by atoms with E-state index in [1.54, 1.807) is 0 Å². The summed E-state index contributed by atoms with van der Waals surface area (Å²) < 4.78 is 5.37. The maximum atomic E-state index is 5.40. The van der Waals surface area contributed by atoms with Crippen molar-refractivity contribution in [3.8, 4) is 0 Å².